The number of pyridine rings is 1. The topological polar surface area (TPSA) is 47.0 Å². The second-order valence-electron chi connectivity index (χ2n) is 6.25. The van der Waals surface area contributed by atoms with Gasteiger partial charge in [-0.3, -0.25) is 4.98 Å². The molecule has 0 fully saturated rings. The van der Waals surface area contributed by atoms with Crippen LogP contribution in [0.2, 0.25) is 0 Å². The van der Waals surface area contributed by atoms with Gasteiger partial charge in [0, 0.05) is 23.2 Å². The molecular weight excluding hydrogens is 399 g/mol. The first-order valence-electron chi connectivity index (χ1n) is 8.31. The van der Waals surface area contributed by atoms with Crippen LogP contribution in [-0.2, 0) is 9.84 Å². The summed E-state index contributed by atoms with van der Waals surface area (Å²) in [7, 11) is -1.49. The van der Waals surface area contributed by atoms with Crippen molar-refractivity contribution in [3.05, 3.63) is 84.6 Å². The number of nitrogens with zero attached hydrogens (tertiary/aromatic N) is 1. The number of hydrogen-bond acceptors (Lipinski definition) is 3. The number of fused-ring (bicyclic) bond motifs is 1. The summed E-state index contributed by atoms with van der Waals surface area (Å²) >= 11 is 0. The molecule has 0 radical (unpaired) electrons. The lowest BCUT2D eigenvalue weighted by atomic mass is 10.0. The molecular formula is C21H14F2NO2PS. The highest BCUT2D eigenvalue weighted by molar-refractivity contribution is 7.91. The number of sulfone groups is 1. The van der Waals surface area contributed by atoms with Crippen molar-refractivity contribution >= 4 is 35.3 Å². The highest BCUT2D eigenvalue weighted by Gasteiger charge is 2.25. The molecule has 0 saturated carbocycles. The molecule has 7 heteroatoms. The first-order chi connectivity index (χ1) is 13.4. The third-order valence-electron chi connectivity index (χ3n) is 4.37. The molecule has 0 aliphatic carbocycles. The smallest absolute Gasteiger partial charge is 0.208 e. The molecule has 0 spiro atoms. The van der Waals surface area contributed by atoms with Crippen molar-refractivity contribution in [1.82, 2.24) is 4.98 Å². The number of benzene rings is 3. The Bertz CT molecular complexity index is 1320. The van der Waals surface area contributed by atoms with Gasteiger partial charge in [-0.15, -0.1) is 9.24 Å². The molecule has 0 amide bonds. The van der Waals surface area contributed by atoms with E-state index in [9.17, 15) is 17.2 Å². The molecule has 4 aromatic rings. The van der Waals surface area contributed by atoms with Gasteiger partial charge >= 0.3 is 0 Å². The van der Waals surface area contributed by atoms with E-state index in [1.54, 1.807) is 18.2 Å². The van der Waals surface area contributed by atoms with Crippen LogP contribution < -0.4 is 5.30 Å². The van der Waals surface area contributed by atoms with E-state index in [1.807, 2.05) is 0 Å². The van der Waals surface area contributed by atoms with Crippen molar-refractivity contribution < 1.29 is 17.2 Å². The Morgan fingerprint density at radius 1 is 0.857 bits per heavy atom. The second-order valence-corrected chi connectivity index (χ2v) is 8.83. The molecule has 1 unspecified atom stereocenters. The lowest BCUT2D eigenvalue weighted by Gasteiger charge is -2.14. The van der Waals surface area contributed by atoms with Gasteiger partial charge in [0.15, 0.2) is 0 Å². The zero-order valence-electron chi connectivity index (χ0n) is 14.4. The Kier molecular flexibility index (Phi) is 4.69. The summed E-state index contributed by atoms with van der Waals surface area (Å²) in [5.41, 5.74) is 0.955. The molecule has 3 aromatic carbocycles. The van der Waals surface area contributed by atoms with Crippen LogP contribution in [0.5, 0.6) is 0 Å². The monoisotopic (exact) mass is 413 g/mol. The van der Waals surface area contributed by atoms with Crippen LogP contribution in [0.15, 0.2) is 82.7 Å². The molecule has 0 saturated heterocycles. The molecule has 4 rings (SSSR count). The zero-order valence-corrected chi connectivity index (χ0v) is 16.4. The average Bonchev–Trinajstić information content (AvgIpc) is 2.67. The first kappa shape index (κ1) is 18.7. The molecule has 1 atom stereocenters. The zero-order chi connectivity index (χ0) is 19.9. The normalized spacial score (nSPS) is 11.7. The molecule has 3 nitrogen and oxygen atoms in total. The molecule has 0 aliphatic heterocycles. The van der Waals surface area contributed by atoms with Gasteiger partial charge in [0.2, 0.25) is 9.84 Å². The lowest BCUT2D eigenvalue weighted by Crippen LogP contribution is -2.07. The second kappa shape index (κ2) is 7.04. The van der Waals surface area contributed by atoms with E-state index in [1.165, 1.54) is 54.7 Å². The highest BCUT2D eigenvalue weighted by atomic mass is 32.2. The standard InChI is InChI=1S/C21H14F2NO2PS/c22-14-4-1-3-13(9-14)21-18-8-7-15(23)10-19(18)24-12-20(21)28(25,26)17-6-2-5-16(27)11-17/h1-12H,27H2. The number of halogens is 2. The summed E-state index contributed by atoms with van der Waals surface area (Å²) in [6, 6.07) is 16.0. The predicted octanol–water partition coefficient (Wildman–Crippen LogP) is 4.51. The van der Waals surface area contributed by atoms with Crippen LogP contribution in [0.25, 0.3) is 22.0 Å². The third-order valence-corrected chi connectivity index (χ3v) is 6.49. The van der Waals surface area contributed by atoms with Gasteiger partial charge in [-0.1, -0.05) is 24.3 Å². The summed E-state index contributed by atoms with van der Waals surface area (Å²) in [4.78, 5) is 4.18. The quantitative estimate of drug-likeness (QED) is 0.464. The number of aromatic nitrogens is 1. The summed E-state index contributed by atoms with van der Waals surface area (Å²) in [6.45, 7) is 0. The minimum atomic E-state index is -3.95. The van der Waals surface area contributed by atoms with Crippen LogP contribution in [-0.4, -0.2) is 13.4 Å². The Balaban J connectivity index is 2.09. The third kappa shape index (κ3) is 3.30. The van der Waals surface area contributed by atoms with E-state index in [-0.39, 0.29) is 15.3 Å². The van der Waals surface area contributed by atoms with E-state index >= 15 is 0 Å². The van der Waals surface area contributed by atoms with Crippen LogP contribution in [0.3, 0.4) is 0 Å². The summed E-state index contributed by atoms with van der Waals surface area (Å²) < 4.78 is 54.3. The van der Waals surface area contributed by atoms with Gasteiger partial charge in [-0.05, 0) is 47.3 Å². The Morgan fingerprint density at radius 3 is 2.36 bits per heavy atom. The van der Waals surface area contributed by atoms with E-state index in [0.717, 1.165) is 0 Å². The number of hydrogen-bond donors (Lipinski definition) is 0. The van der Waals surface area contributed by atoms with Crippen LogP contribution >= 0.6 is 9.24 Å². The lowest BCUT2D eigenvalue weighted by molar-refractivity contribution is 0.596. The minimum absolute atomic E-state index is 0.0622. The minimum Gasteiger partial charge on any atom is -0.255 e. The Morgan fingerprint density at radius 2 is 1.61 bits per heavy atom. The maximum atomic E-state index is 13.9. The van der Waals surface area contributed by atoms with E-state index in [0.29, 0.717) is 21.8 Å². The average molecular weight is 413 g/mol. The van der Waals surface area contributed by atoms with Crippen LogP contribution in [0, 0.1) is 11.6 Å². The molecule has 1 heterocycles. The number of rotatable bonds is 3. The van der Waals surface area contributed by atoms with Gasteiger partial charge < -0.3 is 0 Å². The SMILES string of the molecule is O=S(=O)(c1cccc(P)c1)c1cnc2cc(F)ccc2c1-c1cccc(F)c1. The van der Waals surface area contributed by atoms with Crippen molar-refractivity contribution in [2.24, 2.45) is 0 Å². The van der Waals surface area contributed by atoms with Gasteiger partial charge in [0.25, 0.3) is 0 Å². The van der Waals surface area contributed by atoms with Crippen molar-refractivity contribution in [3.8, 4) is 11.1 Å². The van der Waals surface area contributed by atoms with Crippen LogP contribution in [0.1, 0.15) is 0 Å². The molecule has 0 bridgehead atoms. The largest absolute Gasteiger partial charge is 0.255 e. The van der Waals surface area contributed by atoms with Gasteiger partial charge in [0.05, 0.1) is 15.3 Å². The predicted molar refractivity (Wildman–Crippen MR) is 108 cm³/mol. The fourth-order valence-electron chi connectivity index (χ4n) is 3.10. The highest BCUT2D eigenvalue weighted by Crippen LogP contribution is 2.36. The molecule has 1 aromatic heterocycles. The summed E-state index contributed by atoms with van der Waals surface area (Å²) in [5.74, 6) is -0.989. The Labute approximate surface area is 163 Å². The van der Waals surface area contributed by atoms with Crippen LogP contribution in [0.4, 0.5) is 8.78 Å². The maximum absolute atomic E-state index is 13.9. The van der Waals surface area contributed by atoms with E-state index in [4.69, 9.17) is 0 Å². The maximum Gasteiger partial charge on any atom is 0.208 e. The van der Waals surface area contributed by atoms with Crippen molar-refractivity contribution in [2.75, 3.05) is 0 Å². The Hall–Kier alpha value is -2.69. The van der Waals surface area contributed by atoms with Crippen molar-refractivity contribution in [1.29, 1.82) is 0 Å². The van der Waals surface area contributed by atoms with Gasteiger partial charge in [-0.25, -0.2) is 17.2 Å². The molecule has 140 valence electrons. The molecule has 0 N–H and O–H groups in total. The fraction of sp³-hybridized carbons (Fsp3) is 0. The van der Waals surface area contributed by atoms with Gasteiger partial charge in [-0.2, -0.15) is 0 Å². The van der Waals surface area contributed by atoms with Crippen molar-refractivity contribution in [3.63, 3.8) is 0 Å². The molecule has 28 heavy (non-hydrogen) atoms. The van der Waals surface area contributed by atoms with E-state index < -0.39 is 21.5 Å². The summed E-state index contributed by atoms with van der Waals surface area (Å²) in [6.07, 6.45) is 1.20. The molecule has 0 aliphatic rings. The van der Waals surface area contributed by atoms with E-state index in [2.05, 4.69) is 14.2 Å². The van der Waals surface area contributed by atoms with Crippen molar-refractivity contribution in [2.45, 2.75) is 9.79 Å². The first-order valence-corrected chi connectivity index (χ1v) is 10.4. The van der Waals surface area contributed by atoms with Gasteiger partial charge in [0.1, 0.15) is 11.6 Å². The fourth-order valence-corrected chi connectivity index (χ4v) is 5.00. The summed E-state index contributed by atoms with van der Waals surface area (Å²) in [5, 5.41) is 1.14.